The van der Waals surface area contributed by atoms with Crippen molar-refractivity contribution >= 4 is 45.8 Å². The molecule has 7 heteroatoms. The molecule has 1 heterocycles. The number of carbonyl (C=O) groups excluding carboxylic acids is 1. The number of fused-ring (bicyclic) bond motifs is 1. The fourth-order valence-corrected chi connectivity index (χ4v) is 3.01. The van der Waals surface area contributed by atoms with Gasteiger partial charge >= 0.3 is 5.97 Å². The third-order valence-electron chi connectivity index (χ3n) is 3.86. The van der Waals surface area contributed by atoms with E-state index < -0.39 is 11.5 Å². The highest BCUT2D eigenvalue weighted by molar-refractivity contribution is 6.35. The average Bonchev–Trinajstić information content (AvgIpc) is 2.62. The first kappa shape index (κ1) is 18.3. The molecule has 5 nitrogen and oxygen atoms in total. The van der Waals surface area contributed by atoms with Crippen molar-refractivity contribution < 1.29 is 9.53 Å². The minimum absolute atomic E-state index is 0.0735. The molecule has 0 saturated carbocycles. The van der Waals surface area contributed by atoms with E-state index in [1.807, 2.05) is 12.1 Å². The van der Waals surface area contributed by atoms with E-state index in [-0.39, 0.29) is 12.2 Å². The molecule has 0 unspecified atom stereocenters. The maximum atomic E-state index is 12.5. The van der Waals surface area contributed by atoms with Crippen LogP contribution in [0.2, 0.25) is 10.0 Å². The average molecular weight is 391 g/mol. The first-order valence-electron chi connectivity index (χ1n) is 8.01. The van der Waals surface area contributed by atoms with Gasteiger partial charge in [0.05, 0.1) is 22.8 Å². The Bertz CT molecular complexity index is 1010. The van der Waals surface area contributed by atoms with Crippen molar-refractivity contribution in [3.8, 4) is 0 Å². The number of rotatable bonds is 5. The zero-order chi connectivity index (χ0) is 18.7. The van der Waals surface area contributed by atoms with E-state index in [0.717, 1.165) is 5.56 Å². The number of carbonyl (C=O) groups is 1. The number of hydrogen-bond acceptors (Lipinski definition) is 4. The standard InChI is InChI=1S/C19H16Cl2N2O3/c1-2-26-19(25)15-17(22-10-11-6-8-12(20)9-7-11)13-4-3-5-14(21)16(13)23-18(15)24/h3-9H,2,10H2,1H3,(H2,22,23,24). The monoisotopic (exact) mass is 390 g/mol. The number of halogens is 2. The number of nitrogens with one attached hydrogen (secondary N) is 2. The van der Waals surface area contributed by atoms with E-state index >= 15 is 0 Å². The van der Waals surface area contributed by atoms with Crippen molar-refractivity contribution in [3.05, 3.63) is 74.0 Å². The van der Waals surface area contributed by atoms with Gasteiger partial charge < -0.3 is 15.0 Å². The van der Waals surface area contributed by atoms with Gasteiger partial charge in [-0.05, 0) is 30.7 Å². The van der Waals surface area contributed by atoms with Crippen molar-refractivity contribution in [2.45, 2.75) is 13.5 Å². The molecule has 0 radical (unpaired) electrons. The molecule has 2 N–H and O–H groups in total. The first-order chi connectivity index (χ1) is 12.5. The number of ether oxygens (including phenoxy) is 1. The molecule has 3 aromatic rings. The van der Waals surface area contributed by atoms with E-state index in [0.29, 0.717) is 33.2 Å². The Kier molecular flexibility index (Phi) is 5.49. The molecule has 1 aromatic heterocycles. The molecule has 0 fully saturated rings. The number of anilines is 1. The molecule has 2 aromatic carbocycles. The van der Waals surface area contributed by atoms with Crippen LogP contribution in [0.5, 0.6) is 0 Å². The quantitative estimate of drug-likeness (QED) is 0.623. The highest BCUT2D eigenvalue weighted by Gasteiger charge is 2.21. The smallest absolute Gasteiger partial charge is 0.345 e. The topological polar surface area (TPSA) is 71.2 Å². The third kappa shape index (κ3) is 3.69. The fraction of sp³-hybridized carbons (Fsp3) is 0.158. The van der Waals surface area contributed by atoms with Gasteiger partial charge in [0.15, 0.2) is 0 Å². The van der Waals surface area contributed by atoms with Crippen LogP contribution in [0.1, 0.15) is 22.8 Å². The molecule has 0 saturated heterocycles. The molecule has 0 aliphatic rings. The van der Waals surface area contributed by atoms with Crippen molar-refractivity contribution in [1.82, 2.24) is 4.98 Å². The maximum absolute atomic E-state index is 12.5. The third-order valence-corrected chi connectivity index (χ3v) is 4.43. The number of esters is 1. The Morgan fingerprint density at radius 2 is 1.88 bits per heavy atom. The molecular weight excluding hydrogens is 375 g/mol. The second kappa shape index (κ2) is 7.81. The predicted octanol–water partition coefficient (Wildman–Crippen LogP) is 4.62. The van der Waals surface area contributed by atoms with Crippen LogP contribution < -0.4 is 10.9 Å². The molecule has 0 aliphatic carbocycles. The highest BCUT2D eigenvalue weighted by atomic mass is 35.5. The van der Waals surface area contributed by atoms with Gasteiger partial charge in [-0.1, -0.05) is 47.5 Å². The maximum Gasteiger partial charge on any atom is 0.345 e. The van der Waals surface area contributed by atoms with Crippen LogP contribution >= 0.6 is 23.2 Å². The summed E-state index contributed by atoms with van der Waals surface area (Å²) in [5.41, 5.74) is 1.17. The van der Waals surface area contributed by atoms with Crippen LogP contribution in [0, 0.1) is 0 Å². The van der Waals surface area contributed by atoms with Gasteiger partial charge in [-0.3, -0.25) is 4.79 Å². The molecule has 26 heavy (non-hydrogen) atoms. The molecule has 0 amide bonds. The summed E-state index contributed by atoms with van der Waals surface area (Å²) in [6, 6.07) is 12.5. The number of pyridine rings is 1. The molecule has 0 atom stereocenters. The van der Waals surface area contributed by atoms with Crippen molar-refractivity contribution in [1.29, 1.82) is 0 Å². The lowest BCUT2D eigenvalue weighted by molar-refractivity contribution is 0.0525. The molecule has 0 bridgehead atoms. The van der Waals surface area contributed by atoms with Crippen molar-refractivity contribution in [3.63, 3.8) is 0 Å². The fourth-order valence-electron chi connectivity index (χ4n) is 2.66. The number of aromatic nitrogens is 1. The number of hydrogen-bond donors (Lipinski definition) is 2. The Morgan fingerprint density at radius 1 is 1.15 bits per heavy atom. The zero-order valence-corrected chi connectivity index (χ0v) is 15.4. The summed E-state index contributed by atoms with van der Waals surface area (Å²) in [7, 11) is 0. The normalized spacial score (nSPS) is 10.7. The van der Waals surface area contributed by atoms with E-state index in [4.69, 9.17) is 27.9 Å². The molecule has 0 spiro atoms. The van der Waals surface area contributed by atoms with Crippen LogP contribution in [-0.2, 0) is 11.3 Å². The van der Waals surface area contributed by atoms with Crippen LogP contribution in [0.3, 0.4) is 0 Å². The van der Waals surface area contributed by atoms with Crippen LogP contribution in [0.15, 0.2) is 47.3 Å². The summed E-state index contributed by atoms with van der Waals surface area (Å²) in [5.74, 6) is -0.686. The minimum atomic E-state index is -0.686. The second-order valence-electron chi connectivity index (χ2n) is 5.57. The van der Waals surface area contributed by atoms with Gasteiger partial charge in [0.1, 0.15) is 5.56 Å². The Hall–Kier alpha value is -2.50. The van der Waals surface area contributed by atoms with Gasteiger partial charge in [0.25, 0.3) is 5.56 Å². The lowest BCUT2D eigenvalue weighted by Gasteiger charge is -2.14. The lowest BCUT2D eigenvalue weighted by Crippen LogP contribution is -2.23. The van der Waals surface area contributed by atoms with Gasteiger partial charge in [-0.25, -0.2) is 4.79 Å². The Morgan fingerprint density at radius 3 is 2.58 bits per heavy atom. The predicted molar refractivity (Wildman–Crippen MR) is 104 cm³/mol. The highest BCUT2D eigenvalue weighted by Crippen LogP contribution is 2.29. The van der Waals surface area contributed by atoms with Crippen molar-refractivity contribution in [2.24, 2.45) is 0 Å². The summed E-state index contributed by atoms with van der Waals surface area (Å²) in [4.78, 5) is 27.5. The number of aromatic amines is 1. The van der Waals surface area contributed by atoms with E-state index in [1.54, 1.807) is 37.3 Å². The minimum Gasteiger partial charge on any atom is -0.462 e. The summed E-state index contributed by atoms with van der Waals surface area (Å²) in [6.45, 7) is 2.25. The lowest BCUT2D eigenvalue weighted by atomic mass is 10.1. The summed E-state index contributed by atoms with van der Waals surface area (Å²) < 4.78 is 5.05. The Balaban J connectivity index is 2.11. The largest absolute Gasteiger partial charge is 0.462 e. The van der Waals surface area contributed by atoms with Crippen LogP contribution in [0.25, 0.3) is 10.9 Å². The van der Waals surface area contributed by atoms with Crippen LogP contribution in [0.4, 0.5) is 5.69 Å². The van der Waals surface area contributed by atoms with E-state index in [9.17, 15) is 9.59 Å². The second-order valence-corrected chi connectivity index (χ2v) is 6.41. The van der Waals surface area contributed by atoms with Gasteiger partial charge in [-0.15, -0.1) is 0 Å². The molecular formula is C19H16Cl2N2O3. The summed E-state index contributed by atoms with van der Waals surface area (Å²) in [5, 5.41) is 4.84. The van der Waals surface area contributed by atoms with Gasteiger partial charge in [0, 0.05) is 17.0 Å². The van der Waals surface area contributed by atoms with Crippen molar-refractivity contribution in [2.75, 3.05) is 11.9 Å². The number of benzene rings is 2. The summed E-state index contributed by atoms with van der Waals surface area (Å²) >= 11 is 12.1. The SMILES string of the molecule is CCOC(=O)c1c(NCc2ccc(Cl)cc2)c2cccc(Cl)c2[nH]c1=O. The zero-order valence-electron chi connectivity index (χ0n) is 13.9. The van der Waals surface area contributed by atoms with Gasteiger partial charge in [0.2, 0.25) is 0 Å². The Labute approximate surface area is 159 Å². The first-order valence-corrected chi connectivity index (χ1v) is 8.76. The van der Waals surface area contributed by atoms with Gasteiger partial charge in [-0.2, -0.15) is 0 Å². The number of H-pyrrole nitrogens is 1. The molecule has 0 aliphatic heterocycles. The molecule has 134 valence electrons. The number of para-hydroxylation sites is 1. The molecule has 3 rings (SSSR count). The summed E-state index contributed by atoms with van der Waals surface area (Å²) in [6.07, 6.45) is 0. The van der Waals surface area contributed by atoms with E-state index in [2.05, 4.69) is 10.3 Å². The van der Waals surface area contributed by atoms with Crippen LogP contribution in [-0.4, -0.2) is 17.6 Å². The van der Waals surface area contributed by atoms with E-state index in [1.165, 1.54) is 0 Å².